The fourth-order valence-electron chi connectivity index (χ4n) is 3.67. The quantitative estimate of drug-likeness (QED) is 0.710. The van der Waals surface area contributed by atoms with Gasteiger partial charge in [-0.2, -0.15) is 4.72 Å². The van der Waals surface area contributed by atoms with Crippen LogP contribution in [-0.2, 0) is 14.8 Å². The van der Waals surface area contributed by atoms with Gasteiger partial charge in [0, 0.05) is 6.04 Å². The lowest BCUT2D eigenvalue weighted by atomic mass is 9.95. The van der Waals surface area contributed by atoms with Crippen molar-refractivity contribution in [3.63, 3.8) is 0 Å². The van der Waals surface area contributed by atoms with Crippen molar-refractivity contribution >= 4 is 37.5 Å². The average molecular weight is 424 g/mol. The fraction of sp³-hybridized carbons (Fsp3) is 0.600. The van der Waals surface area contributed by atoms with Crippen molar-refractivity contribution in [2.75, 3.05) is 0 Å². The molecule has 1 saturated carbocycles. The summed E-state index contributed by atoms with van der Waals surface area (Å²) in [7, 11) is -3.81. The lowest BCUT2D eigenvalue weighted by molar-refractivity contribution is -0.124. The number of rotatable bonds is 7. The maximum Gasteiger partial charge on any atom is 0.241 e. The third-order valence-corrected chi connectivity index (χ3v) is 7.45. The lowest BCUT2D eigenvalue weighted by Gasteiger charge is -2.26. The van der Waals surface area contributed by atoms with E-state index in [4.69, 9.17) is 0 Å². The molecule has 1 aromatic heterocycles. The topological polar surface area (TPSA) is 88.2 Å². The van der Waals surface area contributed by atoms with Crippen LogP contribution >= 0.6 is 11.3 Å². The Morgan fingerprint density at radius 2 is 1.96 bits per heavy atom. The highest BCUT2D eigenvalue weighted by Gasteiger charge is 2.28. The molecule has 0 bridgehead atoms. The molecular weight excluding hydrogens is 394 g/mol. The monoisotopic (exact) mass is 423 g/mol. The van der Waals surface area contributed by atoms with E-state index in [1.807, 2.05) is 20.8 Å². The molecule has 1 amide bonds. The molecule has 3 rings (SSSR count). The van der Waals surface area contributed by atoms with Gasteiger partial charge in [0.1, 0.15) is 6.04 Å². The summed E-state index contributed by atoms with van der Waals surface area (Å²) in [6, 6.07) is 4.28. The maximum atomic E-state index is 13.0. The third-order valence-electron chi connectivity index (χ3n) is 5.05. The molecule has 0 unspecified atom stereocenters. The molecule has 0 aliphatic heterocycles. The van der Waals surface area contributed by atoms with Crippen LogP contribution < -0.4 is 10.0 Å². The van der Waals surface area contributed by atoms with Gasteiger partial charge in [-0.15, -0.1) is 11.3 Å². The van der Waals surface area contributed by atoms with Gasteiger partial charge in [0.25, 0.3) is 0 Å². The Labute approximate surface area is 171 Å². The molecule has 1 aliphatic carbocycles. The summed E-state index contributed by atoms with van der Waals surface area (Å²) in [5, 5.41) is 3.95. The lowest BCUT2D eigenvalue weighted by Crippen LogP contribution is -2.50. The molecule has 28 heavy (non-hydrogen) atoms. The van der Waals surface area contributed by atoms with Gasteiger partial charge in [-0.3, -0.25) is 4.79 Å². The van der Waals surface area contributed by atoms with E-state index in [1.165, 1.54) is 17.8 Å². The van der Waals surface area contributed by atoms with E-state index < -0.39 is 16.1 Å². The first-order valence-electron chi connectivity index (χ1n) is 9.94. The molecule has 8 heteroatoms. The van der Waals surface area contributed by atoms with E-state index in [0.717, 1.165) is 40.9 Å². The molecule has 0 radical (unpaired) electrons. The van der Waals surface area contributed by atoms with E-state index in [9.17, 15) is 13.2 Å². The molecule has 154 valence electrons. The highest BCUT2D eigenvalue weighted by atomic mass is 32.2. The van der Waals surface area contributed by atoms with Gasteiger partial charge in [0.2, 0.25) is 15.9 Å². The second kappa shape index (κ2) is 8.88. The van der Waals surface area contributed by atoms with Gasteiger partial charge < -0.3 is 5.32 Å². The minimum atomic E-state index is -3.81. The second-order valence-electron chi connectivity index (χ2n) is 8.01. The van der Waals surface area contributed by atoms with Gasteiger partial charge in [0.15, 0.2) is 0 Å². The van der Waals surface area contributed by atoms with Gasteiger partial charge in [0.05, 0.1) is 20.1 Å². The van der Waals surface area contributed by atoms with Crippen LogP contribution in [0.2, 0.25) is 0 Å². The van der Waals surface area contributed by atoms with E-state index in [2.05, 4.69) is 15.0 Å². The van der Waals surface area contributed by atoms with Crippen LogP contribution in [-0.4, -0.2) is 31.4 Å². The number of nitrogens with one attached hydrogen (secondary N) is 2. The number of thiazole rings is 1. The molecule has 2 N–H and O–H groups in total. The first-order chi connectivity index (χ1) is 13.2. The number of fused-ring (bicyclic) bond motifs is 1. The van der Waals surface area contributed by atoms with E-state index in [1.54, 1.807) is 18.2 Å². The number of hydrogen-bond donors (Lipinski definition) is 2. The number of hydrogen-bond acceptors (Lipinski definition) is 5. The molecule has 1 atom stereocenters. The fourth-order valence-corrected chi connectivity index (χ4v) is 5.85. The number of sulfonamides is 1. The van der Waals surface area contributed by atoms with E-state index >= 15 is 0 Å². The molecule has 0 spiro atoms. The van der Waals surface area contributed by atoms with Crippen molar-refractivity contribution < 1.29 is 13.2 Å². The molecule has 0 saturated heterocycles. The predicted molar refractivity (Wildman–Crippen MR) is 113 cm³/mol. The molecule has 1 fully saturated rings. The first-order valence-corrected chi connectivity index (χ1v) is 12.2. The summed E-state index contributed by atoms with van der Waals surface area (Å²) in [5.41, 5.74) is 0.787. The Balaban J connectivity index is 1.78. The van der Waals surface area contributed by atoms with Gasteiger partial charge in [-0.1, -0.05) is 33.1 Å². The Bertz CT molecular complexity index is 931. The van der Waals surface area contributed by atoms with Crippen molar-refractivity contribution in [2.45, 2.75) is 76.3 Å². The Kier molecular flexibility index (Phi) is 6.73. The van der Waals surface area contributed by atoms with Crippen LogP contribution in [0.25, 0.3) is 10.2 Å². The predicted octanol–water partition coefficient (Wildman–Crippen LogP) is 3.75. The van der Waals surface area contributed by atoms with Crippen LogP contribution in [0.4, 0.5) is 0 Å². The number of aryl methyl sites for hydroxylation is 1. The third kappa shape index (κ3) is 5.30. The zero-order valence-electron chi connectivity index (χ0n) is 16.7. The number of benzene rings is 1. The summed E-state index contributed by atoms with van der Waals surface area (Å²) >= 11 is 1.46. The second-order valence-corrected chi connectivity index (χ2v) is 11.0. The minimum absolute atomic E-state index is 0.150. The number of amides is 1. The van der Waals surface area contributed by atoms with Gasteiger partial charge in [-0.05, 0) is 50.3 Å². The Morgan fingerprint density at radius 3 is 2.64 bits per heavy atom. The van der Waals surface area contributed by atoms with Gasteiger partial charge in [-0.25, -0.2) is 13.4 Å². The normalized spacial score (nSPS) is 17.1. The summed E-state index contributed by atoms with van der Waals surface area (Å²) < 4.78 is 29.4. The van der Waals surface area contributed by atoms with Crippen molar-refractivity contribution in [3.8, 4) is 0 Å². The molecule has 2 aromatic rings. The number of carbonyl (C=O) groups excluding carboxylic acids is 1. The highest BCUT2D eigenvalue weighted by molar-refractivity contribution is 7.89. The van der Waals surface area contributed by atoms with Crippen molar-refractivity contribution in [3.05, 3.63) is 23.2 Å². The van der Waals surface area contributed by atoms with E-state index in [-0.39, 0.29) is 22.8 Å². The van der Waals surface area contributed by atoms with Crippen LogP contribution in [0.1, 0.15) is 57.4 Å². The summed E-state index contributed by atoms with van der Waals surface area (Å²) in [6.45, 7) is 5.87. The average Bonchev–Trinajstić information content (AvgIpc) is 3.00. The van der Waals surface area contributed by atoms with E-state index in [0.29, 0.717) is 6.42 Å². The molecular formula is C20H29N3O3S2. The van der Waals surface area contributed by atoms with Crippen molar-refractivity contribution in [2.24, 2.45) is 5.92 Å². The molecule has 1 heterocycles. The highest BCUT2D eigenvalue weighted by Crippen LogP contribution is 2.25. The van der Waals surface area contributed by atoms with Gasteiger partial charge >= 0.3 is 0 Å². The van der Waals surface area contributed by atoms with Crippen LogP contribution in [0.3, 0.4) is 0 Å². The zero-order chi connectivity index (χ0) is 20.3. The Hall–Kier alpha value is -1.51. The first kappa shape index (κ1) is 21.2. The smallest absolute Gasteiger partial charge is 0.241 e. The number of nitrogens with zero attached hydrogens (tertiary/aromatic N) is 1. The minimum Gasteiger partial charge on any atom is -0.352 e. The summed E-state index contributed by atoms with van der Waals surface area (Å²) in [6.07, 6.45) is 5.82. The SMILES string of the molecule is Cc1nc2ccc(S(=O)(=O)N[C@H](CC(C)C)C(=O)NC3CCCCC3)cc2s1. The van der Waals surface area contributed by atoms with Crippen LogP contribution in [0.5, 0.6) is 0 Å². The summed E-state index contributed by atoms with van der Waals surface area (Å²) in [5.74, 6) is -0.0321. The molecule has 1 aliphatic rings. The van der Waals surface area contributed by atoms with Crippen LogP contribution in [0.15, 0.2) is 23.1 Å². The number of aromatic nitrogens is 1. The van der Waals surface area contributed by atoms with Crippen LogP contribution in [0, 0.1) is 12.8 Å². The molecule has 6 nitrogen and oxygen atoms in total. The zero-order valence-corrected chi connectivity index (χ0v) is 18.3. The van der Waals surface area contributed by atoms with Crippen molar-refractivity contribution in [1.29, 1.82) is 0 Å². The molecule has 1 aromatic carbocycles. The Morgan fingerprint density at radius 1 is 1.25 bits per heavy atom. The van der Waals surface area contributed by atoms with Crippen molar-refractivity contribution in [1.82, 2.24) is 15.0 Å². The number of carbonyl (C=O) groups is 1. The largest absolute Gasteiger partial charge is 0.352 e. The maximum absolute atomic E-state index is 13.0. The summed E-state index contributed by atoms with van der Waals surface area (Å²) in [4.78, 5) is 17.4. The standard InChI is InChI=1S/C20H29N3O3S2/c1-13(2)11-18(20(24)22-15-7-5-4-6-8-15)23-28(25,26)16-9-10-17-19(12-16)27-14(3)21-17/h9-10,12-13,15,18,23H,4-8,11H2,1-3H3,(H,22,24)/t18-/m1/s1.